The molecule has 2 aliphatic heterocycles. The second-order valence-electron chi connectivity index (χ2n) is 10.2. The molecule has 0 saturated carbocycles. The predicted molar refractivity (Wildman–Crippen MR) is 140 cm³/mol. The fourth-order valence-electron chi connectivity index (χ4n) is 4.43. The van der Waals surface area contributed by atoms with Crippen LogP contribution in [-0.4, -0.2) is 91.3 Å². The number of fused-ring (bicyclic) bond motifs is 1. The Bertz CT molecular complexity index is 1030. The Labute approximate surface area is 223 Å². The quantitative estimate of drug-likeness (QED) is 0.464. The molecule has 208 valence electrons. The molecule has 0 radical (unpaired) electrons. The molecule has 1 aromatic rings. The summed E-state index contributed by atoms with van der Waals surface area (Å²) in [6.45, 7) is 5.53. The first-order valence-corrected chi connectivity index (χ1v) is 13.3. The van der Waals surface area contributed by atoms with Gasteiger partial charge in [0.25, 0.3) is 5.91 Å². The van der Waals surface area contributed by atoms with Crippen LogP contribution in [0.4, 0.5) is 0 Å². The zero-order chi connectivity index (χ0) is 27.7. The Hall–Kier alpha value is -3.63. The van der Waals surface area contributed by atoms with E-state index in [0.29, 0.717) is 31.7 Å². The standard InChI is InChI=1S/C27H39N5O6/c1-18(2)21-17-38-22-9-5-4-8-19(22)26(36)30-20(11-12-24(34)31(3)16-23(33)29-21)27(37)28-13-7-15-32-14-6-10-25(32)35/h4-5,8-9,18,20-21H,6-7,10-17H2,1-3H3,(H,28,37)(H,29,33)(H,30,36)/t20-,21+/m0/s1. The van der Waals surface area contributed by atoms with Gasteiger partial charge in [-0.1, -0.05) is 26.0 Å². The summed E-state index contributed by atoms with van der Waals surface area (Å²) in [5, 5.41) is 8.49. The lowest BCUT2D eigenvalue weighted by atomic mass is 10.1. The smallest absolute Gasteiger partial charge is 0.255 e. The predicted octanol–water partition coefficient (Wildman–Crippen LogP) is 0.686. The SMILES string of the molecule is CC(C)[C@H]1COc2ccccc2C(=O)N[C@H](C(=O)NCCCN2CCCC2=O)CCC(=O)N(C)CC(=O)N1. The number of nitrogens with one attached hydrogen (secondary N) is 3. The molecule has 0 aromatic heterocycles. The van der Waals surface area contributed by atoms with Crippen molar-refractivity contribution in [3.63, 3.8) is 0 Å². The van der Waals surface area contributed by atoms with Gasteiger partial charge in [0.15, 0.2) is 0 Å². The molecule has 1 aromatic carbocycles. The molecule has 0 unspecified atom stereocenters. The highest BCUT2D eigenvalue weighted by Gasteiger charge is 2.27. The lowest BCUT2D eigenvalue weighted by Crippen LogP contribution is -2.48. The molecule has 1 fully saturated rings. The molecule has 2 aliphatic rings. The van der Waals surface area contributed by atoms with Crippen molar-refractivity contribution in [2.24, 2.45) is 5.92 Å². The van der Waals surface area contributed by atoms with Gasteiger partial charge in [0, 0.05) is 39.5 Å². The van der Waals surface area contributed by atoms with Crippen LogP contribution < -0.4 is 20.7 Å². The molecular formula is C27H39N5O6. The largest absolute Gasteiger partial charge is 0.491 e. The summed E-state index contributed by atoms with van der Waals surface area (Å²) in [4.78, 5) is 66.5. The number of carbonyl (C=O) groups excluding carboxylic acids is 5. The maximum atomic E-state index is 13.2. The van der Waals surface area contributed by atoms with Crippen LogP contribution >= 0.6 is 0 Å². The number of carbonyl (C=O) groups is 5. The Morgan fingerprint density at radius 2 is 1.87 bits per heavy atom. The summed E-state index contributed by atoms with van der Waals surface area (Å²) < 4.78 is 5.95. The molecule has 5 amide bonds. The van der Waals surface area contributed by atoms with Gasteiger partial charge < -0.3 is 30.5 Å². The Morgan fingerprint density at radius 3 is 2.58 bits per heavy atom. The Balaban J connectivity index is 1.73. The minimum Gasteiger partial charge on any atom is -0.491 e. The number of ether oxygens (including phenoxy) is 1. The van der Waals surface area contributed by atoms with Gasteiger partial charge in [-0.3, -0.25) is 24.0 Å². The van der Waals surface area contributed by atoms with Crippen LogP contribution in [0.1, 0.15) is 56.3 Å². The van der Waals surface area contributed by atoms with Crippen LogP contribution in [0.3, 0.4) is 0 Å². The molecule has 0 aliphatic carbocycles. The van der Waals surface area contributed by atoms with E-state index in [4.69, 9.17) is 4.74 Å². The number of amides is 5. The molecule has 11 heteroatoms. The molecule has 11 nitrogen and oxygen atoms in total. The summed E-state index contributed by atoms with van der Waals surface area (Å²) in [7, 11) is 1.53. The van der Waals surface area contributed by atoms with Gasteiger partial charge >= 0.3 is 0 Å². The van der Waals surface area contributed by atoms with Crippen LogP contribution in [-0.2, 0) is 19.2 Å². The van der Waals surface area contributed by atoms with E-state index >= 15 is 0 Å². The summed E-state index contributed by atoms with van der Waals surface area (Å²) in [5.74, 6) is -1.03. The number of para-hydroxylation sites is 1. The van der Waals surface area contributed by atoms with Gasteiger partial charge in [-0.2, -0.15) is 0 Å². The van der Waals surface area contributed by atoms with Gasteiger partial charge in [-0.15, -0.1) is 0 Å². The van der Waals surface area contributed by atoms with Crippen LogP contribution in [0.2, 0.25) is 0 Å². The van der Waals surface area contributed by atoms with Gasteiger partial charge in [-0.25, -0.2) is 0 Å². The molecule has 0 spiro atoms. The summed E-state index contributed by atoms with van der Waals surface area (Å²) in [6.07, 6.45) is 2.03. The van der Waals surface area contributed by atoms with Crippen molar-refractivity contribution in [2.45, 2.75) is 58.0 Å². The Kier molecular flexibility index (Phi) is 10.5. The van der Waals surface area contributed by atoms with Crippen molar-refractivity contribution in [1.82, 2.24) is 25.8 Å². The van der Waals surface area contributed by atoms with E-state index in [1.165, 1.54) is 11.9 Å². The van der Waals surface area contributed by atoms with Crippen molar-refractivity contribution in [2.75, 3.05) is 39.8 Å². The zero-order valence-electron chi connectivity index (χ0n) is 22.5. The van der Waals surface area contributed by atoms with E-state index < -0.39 is 17.9 Å². The van der Waals surface area contributed by atoms with Crippen molar-refractivity contribution in [1.29, 1.82) is 0 Å². The molecule has 38 heavy (non-hydrogen) atoms. The molecule has 1 saturated heterocycles. The molecule has 3 rings (SSSR count). The zero-order valence-corrected chi connectivity index (χ0v) is 22.5. The average Bonchev–Trinajstić information content (AvgIpc) is 3.30. The molecule has 0 bridgehead atoms. The van der Waals surface area contributed by atoms with Crippen molar-refractivity contribution >= 4 is 29.5 Å². The molecule has 2 heterocycles. The van der Waals surface area contributed by atoms with Crippen LogP contribution in [0.25, 0.3) is 0 Å². The molecule has 2 atom stereocenters. The number of nitrogens with zero attached hydrogens (tertiary/aromatic N) is 2. The highest BCUT2D eigenvalue weighted by atomic mass is 16.5. The first-order valence-electron chi connectivity index (χ1n) is 13.3. The highest BCUT2D eigenvalue weighted by molar-refractivity contribution is 5.99. The van der Waals surface area contributed by atoms with Crippen LogP contribution in [0, 0.1) is 5.92 Å². The number of likely N-dealkylation sites (tertiary alicyclic amines) is 1. The van der Waals surface area contributed by atoms with Gasteiger partial charge in [0.05, 0.1) is 18.2 Å². The monoisotopic (exact) mass is 529 g/mol. The fraction of sp³-hybridized carbons (Fsp3) is 0.593. The second kappa shape index (κ2) is 13.8. The van der Waals surface area contributed by atoms with E-state index in [1.54, 1.807) is 29.2 Å². The van der Waals surface area contributed by atoms with E-state index in [9.17, 15) is 24.0 Å². The van der Waals surface area contributed by atoms with Gasteiger partial charge in [0.1, 0.15) is 18.4 Å². The number of likely N-dealkylation sites (N-methyl/N-ethyl adjacent to an activating group) is 1. The molecular weight excluding hydrogens is 490 g/mol. The third kappa shape index (κ3) is 8.19. The Morgan fingerprint density at radius 1 is 1.11 bits per heavy atom. The third-order valence-corrected chi connectivity index (χ3v) is 6.85. The number of rotatable bonds is 6. The minimum atomic E-state index is -0.969. The fourth-order valence-corrected chi connectivity index (χ4v) is 4.43. The lowest BCUT2D eigenvalue weighted by Gasteiger charge is -2.24. The molecule has 3 N–H and O–H groups in total. The van der Waals surface area contributed by atoms with Crippen molar-refractivity contribution < 1.29 is 28.7 Å². The summed E-state index contributed by atoms with van der Waals surface area (Å²) in [6, 6.07) is 5.41. The maximum Gasteiger partial charge on any atom is 0.255 e. The van der Waals surface area contributed by atoms with Crippen molar-refractivity contribution in [3.8, 4) is 5.75 Å². The summed E-state index contributed by atoms with van der Waals surface area (Å²) in [5.41, 5.74) is 0.255. The third-order valence-electron chi connectivity index (χ3n) is 6.85. The minimum absolute atomic E-state index is 0.0316. The number of hydrogen-bond acceptors (Lipinski definition) is 6. The van der Waals surface area contributed by atoms with E-state index in [0.717, 1.165) is 13.0 Å². The van der Waals surface area contributed by atoms with Crippen LogP contribution in [0.5, 0.6) is 5.75 Å². The van der Waals surface area contributed by atoms with Crippen LogP contribution in [0.15, 0.2) is 24.3 Å². The normalized spacial score (nSPS) is 21.7. The van der Waals surface area contributed by atoms with Gasteiger partial charge in [-0.05, 0) is 37.3 Å². The van der Waals surface area contributed by atoms with Gasteiger partial charge in [0.2, 0.25) is 23.6 Å². The van der Waals surface area contributed by atoms with E-state index in [1.807, 2.05) is 13.8 Å². The van der Waals surface area contributed by atoms with E-state index in [2.05, 4.69) is 16.0 Å². The average molecular weight is 530 g/mol. The maximum absolute atomic E-state index is 13.2. The topological polar surface area (TPSA) is 137 Å². The number of benzene rings is 1. The highest BCUT2D eigenvalue weighted by Crippen LogP contribution is 2.20. The number of hydrogen-bond donors (Lipinski definition) is 3. The van der Waals surface area contributed by atoms with E-state index in [-0.39, 0.29) is 61.2 Å². The second-order valence-corrected chi connectivity index (χ2v) is 10.2. The first kappa shape index (κ1) is 28.9. The first-order chi connectivity index (χ1) is 18.2. The summed E-state index contributed by atoms with van der Waals surface area (Å²) >= 11 is 0. The van der Waals surface area contributed by atoms with Crippen molar-refractivity contribution in [3.05, 3.63) is 29.8 Å². The lowest BCUT2D eigenvalue weighted by molar-refractivity contribution is -0.135.